The van der Waals surface area contributed by atoms with E-state index in [2.05, 4.69) is 0 Å². The third-order valence-corrected chi connectivity index (χ3v) is 3.21. The number of halogens is 5. The summed E-state index contributed by atoms with van der Waals surface area (Å²) in [6.45, 7) is 0.386. The van der Waals surface area contributed by atoms with E-state index in [4.69, 9.17) is 16.3 Å². The summed E-state index contributed by atoms with van der Waals surface area (Å²) in [6, 6.07) is 5.92. The van der Waals surface area contributed by atoms with E-state index in [1.54, 1.807) is 6.07 Å². The fourth-order valence-electron chi connectivity index (χ4n) is 1.03. The van der Waals surface area contributed by atoms with Gasteiger partial charge in [0.05, 0.1) is 9.99 Å². The van der Waals surface area contributed by atoms with Crippen LogP contribution in [-0.4, -0.2) is 15.5 Å². The zero-order valence-corrected chi connectivity index (χ0v) is 12.2. The van der Waals surface area contributed by atoms with E-state index >= 15 is 0 Å². The molecule has 17 heavy (non-hydrogen) atoms. The number of rotatable bonds is 5. The molecule has 0 N–H and O–H groups in total. The molecule has 0 saturated carbocycles. The van der Waals surface area contributed by atoms with Crippen LogP contribution in [0.2, 0.25) is 0 Å². The van der Waals surface area contributed by atoms with Crippen LogP contribution in [0.1, 0.15) is 6.42 Å². The van der Waals surface area contributed by atoms with Crippen LogP contribution in [0.25, 0.3) is 0 Å². The van der Waals surface area contributed by atoms with Crippen molar-refractivity contribution in [3.05, 3.63) is 24.3 Å². The molecular formula is C10H9ClF3IOS. The minimum atomic E-state index is -4.28. The number of benzene rings is 1. The van der Waals surface area contributed by atoms with Crippen molar-refractivity contribution in [2.45, 2.75) is 20.2 Å². The molecule has 0 spiro atoms. The van der Waals surface area contributed by atoms with E-state index in [-0.39, 0.29) is 20.0 Å². The second-order valence-corrected chi connectivity index (χ2v) is 6.96. The first-order chi connectivity index (χ1) is 7.87. The Balaban J connectivity index is 2.54. The molecule has 1 atom stereocenters. The summed E-state index contributed by atoms with van der Waals surface area (Å²) in [7, 11) is 0. The molecule has 0 heterocycles. The van der Waals surface area contributed by atoms with E-state index in [0.29, 0.717) is 18.8 Å². The van der Waals surface area contributed by atoms with Gasteiger partial charge in [-0.05, 0) is 30.0 Å². The van der Waals surface area contributed by atoms with Gasteiger partial charge in [0, 0.05) is 11.3 Å². The van der Waals surface area contributed by atoms with E-state index in [1.165, 1.54) is 18.2 Å². The predicted octanol–water partition coefficient (Wildman–Crippen LogP) is 5.07. The molecule has 0 aliphatic heterocycles. The molecule has 1 aromatic rings. The third-order valence-electron chi connectivity index (χ3n) is 1.64. The highest BCUT2D eigenvalue weighted by atomic mass is 127. The van der Waals surface area contributed by atoms with Gasteiger partial charge < -0.3 is 4.74 Å². The smallest absolute Gasteiger partial charge is 0.446 e. The third kappa shape index (κ3) is 7.25. The van der Waals surface area contributed by atoms with Crippen LogP contribution >= 0.6 is 46.0 Å². The van der Waals surface area contributed by atoms with Crippen LogP contribution in [0.4, 0.5) is 13.2 Å². The van der Waals surface area contributed by atoms with E-state index < -0.39 is 5.51 Å². The Morgan fingerprint density at radius 1 is 1.41 bits per heavy atom. The molecule has 0 fully saturated rings. The van der Waals surface area contributed by atoms with Crippen molar-refractivity contribution in [3.63, 3.8) is 0 Å². The van der Waals surface area contributed by atoms with Gasteiger partial charge in [-0.15, -0.1) is 11.6 Å². The lowest BCUT2D eigenvalue weighted by molar-refractivity contribution is -0.0328. The van der Waals surface area contributed by atoms with Gasteiger partial charge in [-0.25, -0.2) is 0 Å². The molecule has 1 nitrogen and oxygen atoms in total. The van der Waals surface area contributed by atoms with E-state index in [0.717, 1.165) is 0 Å². The summed E-state index contributed by atoms with van der Waals surface area (Å²) in [4.78, 5) is 0.117. The van der Waals surface area contributed by atoms with Gasteiger partial charge in [0.2, 0.25) is 0 Å². The molecule has 1 unspecified atom stereocenters. The summed E-state index contributed by atoms with van der Waals surface area (Å²) in [5.41, 5.74) is -4.28. The Hall–Kier alpha value is 0.180. The van der Waals surface area contributed by atoms with Crippen molar-refractivity contribution in [2.75, 3.05) is 6.61 Å². The van der Waals surface area contributed by atoms with Crippen molar-refractivity contribution in [2.24, 2.45) is 0 Å². The number of hydrogen-bond donors (Lipinski definition) is 0. The molecule has 0 bridgehead atoms. The molecule has 0 aliphatic carbocycles. The van der Waals surface area contributed by atoms with Gasteiger partial charge in [-0.3, -0.25) is 0 Å². The highest BCUT2D eigenvalue weighted by Crippen LogP contribution is 2.37. The van der Waals surface area contributed by atoms with Gasteiger partial charge in [0.25, 0.3) is 0 Å². The lowest BCUT2D eigenvalue weighted by Gasteiger charge is -2.09. The maximum absolute atomic E-state index is 12.1. The molecule has 0 amide bonds. The van der Waals surface area contributed by atoms with E-state index in [9.17, 15) is 13.2 Å². The van der Waals surface area contributed by atoms with Crippen LogP contribution in [0, 0.1) is 0 Å². The van der Waals surface area contributed by atoms with Crippen LogP contribution < -0.4 is 4.74 Å². The van der Waals surface area contributed by atoms with Crippen LogP contribution in [0.5, 0.6) is 5.75 Å². The zero-order valence-electron chi connectivity index (χ0n) is 8.51. The average molecular weight is 397 g/mol. The van der Waals surface area contributed by atoms with Gasteiger partial charge in [0.1, 0.15) is 5.75 Å². The molecular weight excluding hydrogens is 388 g/mol. The fraction of sp³-hybridized carbons (Fsp3) is 0.400. The standard InChI is InChI=1S/C10H9ClF3IOS/c11-9(15)4-5-16-7-2-1-3-8(6-7)17-10(12,13)14/h1-3,6,9H,4-5H2. The molecule has 96 valence electrons. The molecule has 1 aromatic carbocycles. The SMILES string of the molecule is FC(F)(F)Sc1cccc(OCCC(Cl)I)c1. The lowest BCUT2D eigenvalue weighted by atomic mass is 10.3. The molecule has 7 heteroatoms. The number of ether oxygens (including phenoxy) is 1. The minimum absolute atomic E-state index is 0.0414. The summed E-state index contributed by atoms with van der Waals surface area (Å²) in [5, 5.41) is 0. The summed E-state index contributed by atoms with van der Waals surface area (Å²) in [6.07, 6.45) is 0.638. The summed E-state index contributed by atoms with van der Waals surface area (Å²) in [5.74, 6) is 0.424. The van der Waals surface area contributed by atoms with Crippen molar-refractivity contribution in [1.29, 1.82) is 0 Å². The van der Waals surface area contributed by atoms with Crippen molar-refractivity contribution in [1.82, 2.24) is 0 Å². The average Bonchev–Trinajstić information content (AvgIpc) is 2.14. The zero-order chi connectivity index (χ0) is 12.9. The molecule has 0 aliphatic rings. The number of alkyl halides is 5. The summed E-state index contributed by atoms with van der Waals surface area (Å²) < 4.78 is 41.7. The largest absolute Gasteiger partial charge is 0.493 e. The molecule has 0 saturated heterocycles. The second kappa shape index (κ2) is 6.94. The highest BCUT2D eigenvalue weighted by Gasteiger charge is 2.29. The summed E-state index contributed by atoms with van der Waals surface area (Å²) >= 11 is 7.61. The quantitative estimate of drug-likeness (QED) is 0.390. The van der Waals surface area contributed by atoms with Gasteiger partial charge >= 0.3 is 5.51 Å². The normalized spacial score (nSPS) is 13.5. The van der Waals surface area contributed by atoms with Gasteiger partial charge in [-0.1, -0.05) is 28.7 Å². The van der Waals surface area contributed by atoms with Crippen molar-refractivity contribution >= 4 is 46.0 Å². The van der Waals surface area contributed by atoms with Crippen LogP contribution in [0.3, 0.4) is 0 Å². The maximum atomic E-state index is 12.1. The first-order valence-electron chi connectivity index (χ1n) is 4.63. The topological polar surface area (TPSA) is 9.23 Å². The number of thioether (sulfide) groups is 1. The Morgan fingerprint density at radius 2 is 2.12 bits per heavy atom. The monoisotopic (exact) mass is 396 g/mol. The first kappa shape index (κ1) is 15.2. The molecule has 1 rings (SSSR count). The van der Waals surface area contributed by atoms with Gasteiger partial charge in [0.15, 0.2) is 0 Å². The predicted molar refractivity (Wildman–Crippen MR) is 72.1 cm³/mol. The Bertz CT molecular complexity index is 360. The Labute approximate surface area is 120 Å². The first-order valence-corrected chi connectivity index (χ1v) is 7.13. The number of hydrogen-bond acceptors (Lipinski definition) is 2. The Kier molecular flexibility index (Phi) is 6.22. The second-order valence-electron chi connectivity index (χ2n) is 3.05. The van der Waals surface area contributed by atoms with Crippen LogP contribution in [-0.2, 0) is 0 Å². The molecule has 0 radical (unpaired) electrons. The van der Waals surface area contributed by atoms with E-state index in [1.807, 2.05) is 22.6 Å². The van der Waals surface area contributed by atoms with Crippen molar-refractivity contribution < 1.29 is 17.9 Å². The van der Waals surface area contributed by atoms with Crippen molar-refractivity contribution in [3.8, 4) is 5.75 Å². The lowest BCUT2D eigenvalue weighted by Crippen LogP contribution is -2.02. The maximum Gasteiger partial charge on any atom is 0.446 e. The fourth-order valence-corrected chi connectivity index (χ4v) is 1.96. The minimum Gasteiger partial charge on any atom is -0.493 e. The molecule has 0 aromatic heterocycles. The van der Waals surface area contributed by atoms with Gasteiger partial charge in [-0.2, -0.15) is 13.2 Å². The Morgan fingerprint density at radius 3 is 2.71 bits per heavy atom. The van der Waals surface area contributed by atoms with Crippen LogP contribution in [0.15, 0.2) is 29.2 Å². The highest BCUT2D eigenvalue weighted by molar-refractivity contribution is 14.1.